The number of ether oxygens (including phenoxy) is 1. The molecule has 1 heterocycles. The summed E-state index contributed by atoms with van der Waals surface area (Å²) in [5.74, 6) is -0.00269. The van der Waals surface area contributed by atoms with E-state index in [1.807, 2.05) is 6.07 Å². The Morgan fingerprint density at radius 3 is 2.68 bits per heavy atom. The molecule has 0 amide bonds. The number of nitrogens with one attached hydrogen (secondary N) is 1. The summed E-state index contributed by atoms with van der Waals surface area (Å²) in [4.78, 5) is 2.23. The normalized spacial score (nSPS) is 20.5. The van der Waals surface area contributed by atoms with Crippen molar-refractivity contribution < 1.29 is 9.13 Å². The molecule has 0 radical (unpaired) electrons. The van der Waals surface area contributed by atoms with Gasteiger partial charge in [-0.05, 0) is 17.5 Å². The zero-order chi connectivity index (χ0) is 14.0. The summed E-state index contributed by atoms with van der Waals surface area (Å²) in [5.41, 5.74) is 1.12. The van der Waals surface area contributed by atoms with E-state index < -0.39 is 0 Å². The van der Waals surface area contributed by atoms with Crippen LogP contribution in [0.1, 0.15) is 20.8 Å². The molecule has 1 atom stereocenters. The maximum atomic E-state index is 13.8. The van der Waals surface area contributed by atoms with Crippen molar-refractivity contribution in [3.63, 3.8) is 0 Å². The molecule has 0 spiro atoms. The minimum Gasteiger partial charge on any atom is -0.494 e. The zero-order valence-corrected chi connectivity index (χ0v) is 12.2. The van der Waals surface area contributed by atoms with Gasteiger partial charge in [-0.2, -0.15) is 0 Å². The largest absolute Gasteiger partial charge is 0.494 e. The summed E-state index contributed by atoms with van der Waals surface area (Å²) < 4.78 is 18.7. The number of nitrogens with zero attached hydrogens (tertiary/aromatic N) is 1. The molecule has 3 nitrogen and oxygen atoms in total. The smallest absolute Gasteiger partial charge is 0.167 e. The second kappa shape index (κ2) is 5.37. The van der Waals surface area contributed by atoms with Crippen LogP contribution in [-0.4, -0.2) is 32.8 Å². The van der Waals surface area contributed by atoms with Crippen LogP contribution >= 0.6 is 0 Å². The fourth-order valence-electron chi connectivity index (χ4n) is 2.42. The Balaban J connectivity index is 2.15. The van der Waals surface area contributed by atoms with Crippen LogP contribution in [0.5, 0.6) is 5.75 Å². The van der Waals surface area contributed by atoms with Crippen molar-refractivity contribution in [2.75, 3.05) is 31.6 Å². The molecule has 1 N–H and O–H groups in total. The molecule has 1 aromatic rings. The molecule has 1 fully saturated rings. The molecule has 4 heteroatoms. The monoisotopic (exact) mass is 266 g/mol. The third-order valence-electron chi connectivity index (χ3n) is 3.72. The van der Waals surface area contributed by atoms with Gasteiger partial charge in [0.2, 0.25) is 0 Å². The van der Waals surface area contributed by atoms with Gasteiger partial charge in [0.15, 0.2) is 11.6 Å². The summed E-state index contributed by atoms with van der Waals surface area (Å²) in [6.45, 7) is 9.40. The maximum absolute atomic E-state index is 13.8. The predicted octanol–water partition coefficient (Wildman–Crippen LogP) is 2.66. The van der Waals surface area contributed by atoms with Gasteiger partial charge in [-0.15, -0.1) is 0 Å². The Morgan fingerprint density at radius 2 is 2.11 bits per heavy atom. The van der Waals surface area contributed by atoms with Gasteiger partial charge in [0, 0.05) is 37.4 Å². The average molecular weight is 266 g/mol. The molecule has 1 unspecified atom stereocenters. The van der Waals surface area contributed by atoms with Crippen LogP contribution in [0.4, 0.5) is 10.1 Å². The number of piperazine rings is 1. The van der Waals surface area contributed by atoms with Gasteiger partial charge in [0.1, 0.15) is 0 Å². The molecule has 0 bridgehead atoms. The Hall–Kier alpha value is -1.29. The summed E-state index contributed by atoms with van der Waals surface area (Å²) in [7, 11) is 1.48. The second-order valence-electron chi connectivity index (χ2n) is 6.14. The fraction of sp³-hybridized carbons (Fsp3) is 0.600. The van der Waals surface area contributed by atoms with Crippen LogP contribution < -0.4 is 15.0 Å². The van der Waals surface area contributed by atoms with E-state index in [0.717, 1.165) is 25.3 Å². The van der Waals surface area contributed by atoms with E-state index in [1.165, 1.54) is 7.11 Å². The van der Waals surface area contributed by atoms with Gasteiger partial charge >= 0.3 is 0 Å². The number of methoxy groups -OCH3 is 1. The summed E-state index contributed by atoms with van der Waals surface area (Å²) in [5, 5.41) is 3.54. The summed E-state index contributed by atoms with van der Waals surface area (Å²) >= 11 is 0. The van der Waals surface area contributed by atoms with Crippen LogP contribution in [0, 0.1) is 11.2 Å². The highest BCUT2D eigenvalue weighted by atomic mass is 19.1. The van der Waals surface area contributed by atoms with Gasteiger partial charge < -0.3 is 15.0 Å². The van der Waals surface area contributed by atoms with Gasteiger partial charge in [-0.25, -0.2) is 4.39 Å². The topological polar surface area (TPSA) is 24.5 Å². The van der Waals surface area contributed by atoms with Crippen LogP contribution in [0.3, 0.4) is 0 Å². The van der Waals surface area contributed by atoms with E-state index in [-0.39, 0.29) is 11.2 Å². The number of hydrogen-bond donors (Lipinski definition) is 1. The van der Waals surface area contributed by atoms with E-state index in [4.69, 9.17) is 4.74 Å². The Kier molecular flexibility index (Phi) is 3.99. The molecule has 0 saturated carbocycles. The molecule has 2 rings (SSSR count). The third-order valence-corrected chi connectivity index (χ3v) is 3.72. The SMILES string of the molecule is COc1ccc(N2CCNC(C(C)(C)C)C2)cc1F. The number of anilines is 1. The van der Waals surface area contributed by atoms with Crippen molar-refractivity contribution in [3.05, 3.63) is 24.0 Å². The van der Waals surface area contributed by atoms with Crippen molar-refractivity contribution >= 4 is 5.69 Å². The Labute approximate surface area is 114 Å². The van der Waals surface area contributed by atoms with Gasteiger partial charge in [0.25, 0.3) is 0 Å². The van der Waals surface area contributed by atoms with Crippen molar-refractivity contribution in [2.24, 2.45) is 5.41 Å². The minimum absolute atomic E-state index is 0.198. The highest BCUT2D eigenvalue weighted by molar-refractivity contribution is 5.50. The van der Waals surface area contributed by atoms with E-state index >= 15 is 0 Å². The first kappa shape index (κ1) is 14.1. The third kappa shape index (κ3) is 3.18. The highest BCUT2D eigenvalue weighted by Crippen LogP contribution is 2.27. The van der Waals surface area contributed by atoms with E-state index in [9.17, 15) is 4.39 Å². The lowest BCUT2D eigenvalue weighted by atomic mass is 9.85. The molecule has 19 heavy (non-hydrogen) atoms. The lowest BCUT2D eigenvalue weighted by Gasteiger charge is -2.41. The lowest BCUT2D eigenvalue weighted by molar-refractivity contribution is 0.254. The van der Waals surface area contributed by atoms with Crippen molar-refractivity contribution in [2.45, 2.75) is 26.8 Å². The molecule has 0 aromatic heterocycles. The molecule has 1 saturated heterocycles. The van der Waals surface area contributed by atoms with Crippen LogP contribution in [0.15, 0.2) is 18.2 Å². The van der Waals surface area contributed by atoms with Gasteiger partial charge in [-0.1, -0.05) is 20.8 Å². The molecular weight excluding hydrogens is 243 g/mol. The first-order valence-corrected chi connectivity index (χ1v) is 6.73. The van der Waals surface area contributed by atoms with Crippen LogP contribution in [0.25, 0.3) is 0 Å². The van der Waals surface area contributed by atoms with Gasteiger partial charge in [0.05, 0.1) is 7.11 Å². The van der Waals surface area contributed by atoms with E-state index in [0.29, 0.717) is 11.8 Å². The van der Waals surface area contributed by atoms with Gasteiger partial charge in [-0.3, -0.25) is 0 Å². The van der Waals surface area contributed by atoms with E-state index in [2.05, 4.69) is 31.0 Å². The molecule has 0 aliphatic carbocycles. The first-order valence-electron chi connectivity index (χ1n) is 6.73. The Bertz CT molecular complexity index is 442. The molecular formula is C15H23FN2O. The molecule has 1 aliphatic rings. The summed E-state index contributed by atoms with van der Waals surface area (Å²) in [6.07, 6.45) is 0. The van der Waals surface area contributed by atoms with Crippen molar-refractivity contribution in [1.82, 2.24) is 5.32 Å². The molecule has 1 aromatic carbocycles. The number of rotatable bonds is 2. The van der Waals surface area contributed by atoms with Crippen molar-refractivity contribution in [1.29, 1.82) is 0 Å². The maximum Gasteiger partial charge on any atom is 0.167 e. The highest BCUT2D eigenvalue weighted by Gasteiger charge is 2.29. The zero-order valence-electron chi connectivity index (χ0n) is 12.2. The second-order valence-corrected chi connectivity index (χ2v) is 6.14. The minimum atomic E-state index is -0.300. The number of benzene rings is 1. The predicted molar refractivity (Wildman–Crippen MR) is 76.4 cm³/mol. The fourth-order valence-corrected chi connectivity index (χ4v) is 2.42. The van der Waals surface area contributed by atoms with Crippen LogP contribution in [0.2, 0.25) is 0 Å². The molecule has 1 aliphatic heterocycles. The molecule has 106 valence electrons. The number of hydrogen-bond acceptors (Lipinski definition) is 3. The standard InChI is InChI=1S/C15H23FN2O/c1-15(2,3)14-10-18(8-7-17-14)11-5-6-13(19-4)12(16)9-11/h5-6,9,14,17H,7-8,10H2,1-4H3. The van der Waals surface area contributed by atoms with Crippen LogP contribution in [-0.2, 0) is 0 Å². The van der Waals surface area contributed by atoms with E-state index in [1.54, 1.807) is 12.1 Å². The quantitative estimate of drug-likeness (QED) is 0.890. The Morgan fingerprint density at radius 1 is 1.37 bits per heavy atom. The first-order chi connectivity index (χ1) is 8.91. The number of halogens is 1. The summed E-state index contributed by atoms with van der Waals surface area (Å²) in [6, 6.07) is 5.58. The van der Waals surface area contributed by atoms with Crippen molar-refractivity contribution in [3.8, 4) is 5.75 Å². The lowest BCUT2D eigenvalue weighted by Crippen LogP contribution is -2.56. The average Bonchev–Trinajstić information content (AvgIpc) is 2.38.